The molecule has 2 amide bonds. The molecule has 1 aliphatic heterocycles. The maximum absolute atomic E-state index is 13.0. The zero-order valence-corrected chi connectivity index (χ0v) is 14.8. The third-order valence-corrected chi connectivity index (χ3v) is 5.56. The number of para-hydroxylation sites is 1. The van der Waals surface area contributed by atoms with Crippen molar-refractivity contribution < 1.29 is 9.59 Å². The Kier molecular flexibility index (Phi) is 4.93. The highest BCUT2D eigenvalue weighted by atomic mass is 16.2. The van der Waals surface area contributed by atoms with E-state index in [9.17, 15) is 9.59 Å². The molecule has 1 saturated carbocycles. The van der Waals surface area contributed by atoms with Crippen molar-refractivity contribution in [2.24, 2.45) is 11.3 Å². The van der Waals surface area contributed by atoms with E-state index in [4.69, 9.17) is 0 Å². The highest BCUT2D eigenvalue weighted by Crippen LogP contribution is 2.41. The molecular weight excluding hydrogens is 300 g/mol. The molecule has 1 aromatic rings. The fourth-order valence-corrected chi connectivity index (χ4v) is 4.15. The summed E-state index contributed by atoms with van der Waals surface area (Å²) in [5, 5.41) is 2.91. The van der Waals surface area contributed by atoms with Crippen LogP contribution in [0.2, 0.25) is 0 Å². The number of rotatable bonds is 4. The smallest absolute Gasteiger partial charge is 0.227 e. The number of anilines is 1. The van der Waals surface area contributed by atoms with Crippen LogP contribution in [0.25, 0.3) is 0 Å². The Hall–Kier alpha value is -1.84. The summed E-state index contributed by atoms with van der Waals surface area (Å²) in [4.78, 5) is 27.4. The fourth-order valence-electron chi connectivity index (χ4n) is 4.15. The summed E-state index contributed by atoms with van der Waals surface area (Å²) in [7, 11) is 0. The summed E-state index contributed by atoms with van der Waals surface area (Å²) in [6, 6.07) is 9.83. The number of nitrogens with zero attached hydrogens (tertiary/aromatic N) is 1. The van der Waals surface area contributed by atoms with Crippen LogP contribution in [0, 0.1) is 11.3 Å². The van der Waals surface area contributed by atoms with Gasteiger partial charge < -0.3 is 10.2 Å². The van der Waals surface area contributed by atoms with Gasteiger partial charge in [0.05, 0.1) is 5.92 Å². The second-order valence-corrected chi connectivity index (χ2v) is 7.92. The molecule has 0 unspecified atom stereocenters. The summed E-state index contributed by atoms with van der Waals surface area (Å²) in [6.45, 7) is 5.02. The van der Waals surface area contributed by atoms with E-state index < -0.39 is 0 Å². The third-order valence-electron chi connectivity index (χ3n) is 5.56. The van der Waals surface area contributed by atoms with Crippen molar-refractivity contribution in [3.63, 3.8) is 0 Å². The van der Waals surface area contributed by atoms with Crippen molar-refractivity contribution >= 4 is 17.5 Å². The molecule has 130 valence electrons. The molecule has 2 fully saturated rings. The Balaban J connectivity index is 1.65. The number of hydrogen-bond donors (Lipinski definition) is 1. The molecule has 1 saturated heterocycles. The Morgan fingerprint density at radius 3 is 2.50 bits per heavy atom. The SMILES string of the molecule is CC1(C)CN(C2CCCCC2)C(=O)[C@@H]1CC(=O)Nc1ccccc1. The van der Waals surface area contributed by atoms with Crippen molar-refractivity contribution in [2.45, 2.75) is 58.4 Å². The maximum atomic E-state index is 13.0. The first kappa shape index (κ1) is 17.0. The highest BCUT2D eigenvalue weighted by Gasteiger charge is 2.48. The number of likely N-dealkylation sites (tertiary alicyclic amines) is 1. The Labute approximate surface area is 144 Å². The van der Waals surface area contributed by atoms with Gasteiger partial charge in [-0.3, -0.25) is 9.59 Å². The van der Waals surface area contributed by atoms with Crippen LogP contribution in [0.4, 0.5) is 5.69 Å². The first-order valence-electron chi connectivity index (χ1n) is 9.13. The molecule has 0 aromatic heterocycles. The zero-order valence-electron chi connectivity index (χ0n) is 14.8. The van der Waals surface area contributed by atoms with Gasteiger partial charge in [-0.2, -0.15) is 0 Å². The maximum Gasteiger partial charge on any atom is 0.227 e. The number of benzene rings is 1. The summed E-state index contributed by atoms with van der Waals surface area (Å²) in [5.41, 5.74) is 0.637. The van der Waals surface area contributed by atoms with Crippen LogP contribution in [-0.2, 0) is 9.59 Å². The third kappa shape index (κ3) is 3.63. The van der Waals surface area contributed by atoms with Gasteiger partial charge >= 0.3 is 0 Å². The van der Waals surface area contributed by atoms with Gasteiger partial charge in [0.1, 0.15) is 0 Å². The molecule has 2 aliphatic rings. The topological polar surface area (TPSA) is 49.4 Å². The summed E-state index contributed by atoms with van der Waals surface area (Å²) in [6.07, 6.45) is 6.21. The Morgan fingerprint density at radius 1 is 1.17 bits per heavy atom. The summed E-state index contributed by atoms with van der Waals surface area (Å²) in [5.74, 6) is -0.114. The number of hydrogen-bond acceptors (Lipinski definition) is 2. The molecule has 1 atom stereocenters. The normalized spacial score (nSPS) is 24.2. The summed E-state index contributed by atoms with van der Waals surface area (Å²) < 4.78 is 0. The van der Waals surface area contributed by atoms with Crippen LogP contribution in [0.1, 0.15) is 52.4 Å². The van der Waals surface area contributed by atoms with Gasteiger partial charge in [0, 0.05) is 24.7 Å². The summed E-state index contributed by atoms with van der Waals surface area (Å²) >= 11 is 0. The van der Waals surface area contributed by atoms with Crippen LogP contribution in [0.3, 0.4) is 0 Å². The molecule has 4 heteroatoms. The predicted molar refractivity (Wildman–Crippen MR) is 95.5 cm³/mol. The van der Waals surface area contributed by atoms with E-state index in [0.29, 0.717) is 6.04 Å². The van der Waals surface area contributed by atoms with Gasteiger partial charge in [0.2, 0.25) is 11.8 Å². The first-order chi connectivity index (χ1) is 11.5. The molecule has 0 spiro atoms. The van der Waals surface area contributed by atoms with Gasteiger partial charge in [-0.05, 0) is 30.4 Å². The van der Waals surface area contributed by atoms with Gasteiger partial charge in [0.15, 0.2) is 0 Å². The Bertz CT molecular complexity index is 591. The van der Waals surface area contributed by atoms with Crippen molar-refractivity contribution in [2.75, 3.05) is 11.9 Å². The molecule has 1 aliphatic carbocycles. The highest BCUT2D eigenvalue weighted by molar-refractivity contribution is 5.95. The number of carbonyl (C=O) groups excluding carboxylic acids is 2. The monoisotopic (exact) mass is 328 g/mol. The lowest BCUT2D eigenvalue weighted by Gasteiger charge is -2.32. The van der Waals surface area contributed by atoms with Crippen LogP contribution >= 0.6 is 0 Å². The van der Waals surface area contributed by atoms with E-state index in [1.165, 1.54) is 19.3 Å². The van der Waals surface area contributed by atoms with Gasteiger partial charge in [-0.15, -0.1) is 0 Å². The van der Waals surface area contributed by atoms with Gasteiger partial charge in [0.25, 0.3) is 0 Å². The van der Waals surface area contributed by atoms with Crippen LogP contribution in [0.5, 0.6) is 0 Å². The molecule has 0 radical (unpaired) electrons. The molecule has 1 heterocycles. The van der Waals surface area contributed by atoms with Crippen molar-refractivity contribution in [3.05, 3.63) is 30.3 Å². The lowest BCUT2D eigenvalue weighted by molar-refractivity contribution is -0.136. The zero-order chi connectivity index (χ0) is 17.2. The van der Waals surface area contributed by atoms with Crippen molar-refractivity contribution in [3.8, 4) is 0 Å². The predicted octanol–water partition coefficient (Wildman–Crippen LogP) is 3.83. The Morgan fingerprint density at radius 2 is 1.83 bits per heavy atom. The lowest BCUT2D eigenvalue weighted by atomic mass is 9.79. The second kappa shape index (κ2) is 6.96. The lowest BCUT2D eigenvalue weighted by Crippen LogP contribution is -2.39. The van der Waals surface area contributed by atoms with Crippen LogP contribution in [-0.4, -0.2) is 29.3 Å². The molecule has 4 nitrogen and oxygen atoms in total. The van der Waals surface area contributed by atoms with Gasteiger partial charge in [-0.25, -0.2) is 0 Å². The molecule has 3 rings (SSSR count). The van der Waals surface area contributed by atoms with Crippen molar-refractivity contribution in [1.29, 1.82) is 0 Å². The molecular formula is C20H28N2O2. The van der Waals surface area contributed by atoms with E-state index >= 15 is 0 Å². The second-order valence-electron chi connectivity index (χ2n) is 7.92. The minimum atomic E-state index is -0.219. The first-order valence-corrected chi connectivity index (χ1v) is 9.13. The fraction of sp³-hybridized carbons (Fsp3) is 0.600. The molecule has 1 N–H and O–H groups in total. The largest absolute Gasteiger partial charge is 0.339 e. The van der Waals surface area contributed by atoms with E-state index in [1.54, 1.807) is 0 Å². The molecule has 1 aromatic carbocycles. The van der Waals surface area contributed by atoms with E-state index in [-0.39, 0.29) is 29.6 Å². The standard InChI is InChI=1S/C20H28N2O2/c1-20(2)14-22(16-11-7-4-8-12-16)19(24)17(20)13-18(23)21-15-9-5-3-6-10-15/h3,5-6,9-10,16-17H,4,7-8,11-14H2,1-2H3,(H,21,23)/t17-/m0/s1. The average Bonchev–Trinajstić information content (AvgIpc) is 2.80. The van der Waals surface area contributed by atoms with E-state index in [2.05, 4.69) is 24.1 Å². The number of amides is 2. The molecule has 0 bridgehead atoms. The van der Waals surface area contributed by atoms with Crippen LogP contribution < -0.4 is 5.32 Å². The van der Waals surface area contributed by atoms with Crippen molar-refractivity contribution in [1.82, 2.24) is 4.90 Å². The number of nitrogens with one attached hydrogen (secondary N) is 1. The number of carbonyl (C=O) groups is 2. The minimum Gasteiger partial charge on any atom is -0.339 e. The average molecular weight is 328 g/mol. The van der Waals surface area contributed by atoms with E-state index in [1.807, 2.05) is 30.3 Å². The molecule has 24 heavy (non-hydrogen) atoms. The van der Waals surface area contributed by atoms with Gasteiger partial charge in [-0.1, -0.05) is 51.3 Å². The van der Waals surface area contributed by atoms with E-state index in [0.717, 1.165) is 25.1 Å². The minimum absolute atomic E-state index is 0.0712. The van der Waals surface area contributed by atoms with Crippen LogP contribution in [0.15, 0.2) is 30.3 Å². The quantitative estimate of drug-likeness (QED) is 0.913.